The van der Waals surface area contributed by atoms with Crippen LogP contribution in [0, 0.1) is 0 Å². The summed E-state index contributed by atoms with van der Waals surface area (Å²) in [6.07, 6.45) is 0.256. The van der Waals surface area contributed by atoms with Gasteiger partial charge in [0.2, 0.25) is 5.91 Å². The Balaban J connectivity index is 1.50. The predicted molar refractivity (Wildman–Crippen MR) is 105 cm³/mol. The van der Waals surface area contributed by atoms with E-state index in [1.807, 2.05) is 54.6 Å². The molecule has 1 heterocycles. The summed E-state index contributed by atoms with van der Waals surface area (Å²) in [5, 5.41) is 2.67. The lowest BCUT2D eigenvalue weighted by Crippen LogP contribution is -2.52. The van der Waals surface area contributed by atoms with Crippen LogP contribution in [0.5, 0.6) is 5.75 Å². The molecule has 28 heavy (non-hydrogen) atoms. The summed E-state index contributed by atoms with van der Waals surface area (Å²) < 4.78 is 20.2. The van der Waals surface area contributed by atoms with Gasteiger partial charge in [-0.15, -0.1) is 0 Å². The Morgan fingerprint density at radius 3 is 2.43 bits per heavy atom. The van der Waals surface area contributed by atoms with Gasteiger partial charge in [0, 0.05) is 32.5 Å². The molecule has 1 saturated heterocycles. The Morgan fingerprint density at radius 1 is 1.07 bits per heavy atom. The Kier molecular flexibility index (Phi) is 6.29. The Hall–Kier alpha value is -2.89. The number of halogens is 1. The van der Waals surface area contributed by atoms with E-state index >= 15 is 4.39 Å². The first-order valence-electron chi connectivity index (χ1n) is 9.42. The molecule has 148 valence electrons. The van der Waals surface area contributed by atoms with Crippen LogP contribution in [0.3, 0.4) is 0 Å². The fourth-order valence-corrected chi connectivity index (χ4v) is 3.34. The molecular weight excluding hydrogens is 359 g/mol. The van der Waals surface area contributed by atoms with E-state index in [1.165, 1.54) is 0 Å². The molecule has 0 radical (unpaired) electrons. The average molecular weight is 384 g/mol. The minimum atomic E-state index is -1.93. The van der Waals surface area contributed by atoms with E-state index in [-0.39, 0.29) is 38.3 Å². The second-order valence-corrected chi connectivity index (χ2v) is 7.04. The molecule has 2 amide bonds. The van der Waals surface area contributed by atoms with Crippen molar-refractivity contribution in [3.63, 3.8) is 0 Å². The van der Waals surface area contributed by atoms with Gasteiger partial charge in [-0.2, -0.15) is 0 Å². The van der Waals surface area contributed by atoms with Crippen LogP contribution in [0.15, 0.2) is 54.6 Å². The van der Waals surface area contributed by atoms with E-state index in [1.54, 1.807) is 12.0 Å². The zero-order valence-electron chi connectivity index (χ0n) is 16.0. The minimum Gasteiger partial charge on any atom is -0.497 e. The summed E-state index contributed by atoms with van der Waals surface area (Å²) in [6.45, 7) is 0.764. The molecule has 0 unspecified atom stereocenters. The first-order chi connectivity index (χ1) is 13.5. The summed E-state index contributed by atoms with van der Waals surface area (Å²) in [5.41, 5.74) is -0.158. The fourth-order valence-electron chi connectivity index (χ4n) is 3.34. The fraction of sp³-hybridized carbons (Fsp3) is 0.364. The van der Waals surface area contributed by atoms with Crippen LogP contribution in [-0.2, 0) is 22.6 Å². The van der Waals surface area contributed by atoms with Crippen molar-refractivity contribution in [1.29, 1.82) is 0 Å². The molecule has 0 bridgehead atoms. The van der Waals surface area contributed by atoms with Crippen LogP contribution < -0.4 is 10.1 Å². The molecule has 1 aliphatic heterocycles. The SMILES string of the molecule is COc1cccc(CC(=O)N2CCC(F)(C(=O)NCc3ccccc3)CC2)c1. The van der Waals surface area contributed by atoms with Gasteiger partial charge in [0.15, 0.2) is 5.67 Å². The molecule has 0 atom stereocenters. The monoisotopic (exact) mass is 384 g/mol. The highest BCUT2D eigenvalue weighted by Crippen LogP contribution is 2.27. The topological polar surface area (TPSA) is 58.6 Å². The average Bonchev–Trinajstić information content (AvgIpc) is 2.73. The van der Waals surface area contributed by atoms with Gasteiger partial charge in [-0.3, -0.25) is 9.59 Å². The van der Waals surface area contributed by atoms with Crippen LogP contribution in [0.4, 0.5) is 4.39 Å². The molecule has 0 spiro atoms. The third-order valence-corrected chi connectivity index (χ3v) is 5.10. The third-order valence-electron chi connectivity index (χ3n) is 5.10. The highest BCUT2D eigenvalue weighted by Gasteiger charge is 2.42. The molecule has 0 aliphatic carbocycles. The lowest BCUT2D eigenvalue weighted by molar-refractivity contribution is -0.142. The van der Waals surface area contributed by atoms with Crippen LogP contribution in [-0.4, -0.2) is 42.6 Å². The van der Waals surface area contributed by atoms with E-state index in [4.69, 9.17) is 4.74 Å². The molecular formula is C22H25FN2O3. The van der Waals surface area contributed by atoms with E-state index in [9.17, 15) is 9.59 Å². The lowest BCUT2D eigenvalue weighted by Gasteiger charge is -2.35. The van der Waals surface area contributed by atoms with Gasteiger partial charge < -0.3 is 15.0 Å². The second-order valence-electron chi connectivity index (χ2n) is 7.04. The number of hydrogen-bond acceptors (Lipinski definition) is 3. The van der Waals surface area contributed by atoms with Crippen LogP contribution in [0.1, 0.15) is 24.0 Å². The molecule has 0 aromatic heterocycles. The first-order valence-corrected chi connectivity index (χ1v) is 9.42. The van der Waals surface area contributed by atoms with Gasteiger partial charge >= 0.3 is 0 Å². The Morgan fingerprint density at radius 2 is 1.75 bits per heavy atom. The van der Waals surface area contributed by atoms with Crippen molar-refractivity contribution in [3.8, 4) is 5.75 Å². The lowest BCUT2D eigenvalue weighted by atomic mass is 9.92. The molecule has 2 aromatic carbocycles. The second kappa shape index (κ2) is 8.87. The van der Waals surface area contributed by atoms with Crippen molar-refractivity contribution in [2.75, 3.05) is 20.2 Å². The first kappa shape index (κ1) is 19.9. The van der Waals surface area contributed by atoms with Crippen LogP contribution in [0.2, 0.25) is 0 Å². The minimum absolute atomic E-state index is 0.0114. The van der Waals surface area contributed by atoms with Gasteiger partial charge in [-0.1, -0.05) is 42.5 Å². The Bertz CT molecular complexity index is 818. The number of nitrogens with zero attached hydrogens (tertiary/aromatic N) is 1. The van der Waals surface area contributed by atoms with Crippen molar-refractivity contribution in [3.05, 3.63) is 65.7 Å². The molecule has 5 nitrogen and oxygen atoms in total. The van der Waals surface area contributed by atoms with Crippen molar-refractivity contribution >= 4 is 11.8 Å². The van der Waals surface area contributed by atoms with Crippen LogP contribution >= 0.6 is 0 Å². The number of ether oxygens (including phenoxy) is 1. The highest BCUT2D eigenvalue weighted by molar-refractivity contribution is 5.86. The molecule has 1 N–H and O–H groups in total. The van der Waals surface area contributed by atoms with E-state index in [0.29, 0.717) is 12.3 Å². The van der Waals surface area contributed by atoms with Crippen molar-refractivity contribution in [1.82, 2.24) is 10.2 Å². The summed E-state index contributed by atoms with van der Waals surface area (Å²) in [7, 11) is 1.58. The number of carbonyl (C=O) groups excluding carboxylic acids is 2. The molecule has 0 saturated carbocycles. The number of benzene rings is 2. The van der Waals surface area contributed by atoms with E-state index in [2.05, 4.69) is 5.32 Å². The number of nitrogens with one attached hydrogen (secondary N) is 1. The number of carbonyl (C=O) groups is 2. The number of methoxy groups -OCH3 is 1. The van der Waals surface area contributed by atoms with Crippen molar-refractivity contribution in [2.45, 2.75) is 31.5 Å². The summed E-state index contributed by atoms with van der Waals surface area (Å²) in [4.78, 5) is 26.5. The standard InChI is InChI=1S/C22H25FN2O3/c1-28-19-9-5-8-18(14-19)15-20(26)25-12-10-22(23,11-13-25)21(27)24-16-17-6-3-2-4-7-17/h2-9,14H,10-13,15-16H2,1H3,(H,24,27). The highest BCUT2D eigenvalue weighted by atomic mass is 19.1. The quantitative estimate of drug-likeness (QED) is 0.833. The normalized spacial score (nSPS) is 15.7. The molecule has 1 fully saturated rings. The maximum atomic E-state index is 15.1. The van der Waals surface area contributed by atoms with Gasteiger partial charge in [0.25, 0.3) is 5.91 Å². The third kappa shape index (κ3) is 4.88. The number of alkyl halides is 1. The summed E-state index contributed by atoms with van der Waals surface area (Å²) in [5.74, 6) is 0.0260. The zero-order valence-corrected chi connectivity index (χ0v) is 16.0. The van der Waals surface area contributed by atoms with Gasteiger partial charge in [0.05, 0.1) is 13.5 Å². The maximum absolute atomic E-state index is 15.1. The van der Waals surface area contributed by atoms with Gasteiger partial charge in [-0.05, 0) is 23.3 Å². The Labute approximate surface area is 164 Å². The number of rotatable bonds is 6. The van der Waals surface area contributed by atoms with E-state index < -0.39 is 11.6 Å². The summed E-state index contributed by atoms with van der Waals surface area (Å²) >= 11 is 0. The predicted octanol–water partition coefficient (Wildman–Crippen LogP) is 2.88. The molecule has 2 aromatic rings. The van der Waals surface area contributed by atoms with Crippen LogP contribution in [0.25, 0.3) is 0 Å². The largest absolute Gasteiger partial charge is 0.497 e. The number of amides is 2. The van der Waals surface area contributed by atoms with Crippen molar-refractivity contribution in [2.24, 2.45) is 0 Å². The molecule has 1 aliphatic rings. The van der Waals surface area contributed by atoms with Crippen molar-refractivity contribution < 1.29 is 18.7 Å². The number of likely N-dealkylation sites (tertiary alicyclic amines) is 1. The number of piperidine rings is 1. The maximum Gasteiger partial charge on any atom is 0.258 e. The van der Waals surface area contributed by atoms with Gasteiger partial charge in [-0.25, -0.2) is 4.39 Å². The molecule has 3 rings (SSSR count). The summed E-state index contributed by atoms with van der Waals surface area (Å²) in [6, 6.07) is 16.7. The molecule has 6 heteroatoms. The smallest absolute Gasteiger partial charge is 0.258 e. The zero-order chi connectivity index (χ0) is 20.0. The number of hydrogen-bond donors (Lipinski definition) is 1. The van der Waals surface area contributed by atoms with E-state index in [0.717, 1.165) is 11.1 Å². The van der Waals surface area contributed by atoms with Gasteiger partial charge in [0.1, 0.15) is 5.75 Å².